The minimum atomic E-state index is -0.774. The predicted molar refractivity (Wildman–Crippen MR) is 125 cm³/mol. The van der Waals surface area contributed by atoms with Gasteiger partial charge in [0.2, 0.25) is 11.8 Å². The number of amides is 2. The van der Waals surface area contributed by atoms with Gasteiger partial charge in [0.25, 0.3) is 0 Å². The minimum Gasteiger partial charge on any atom is -0.459 e. The van der Waals surface area contributed by atoms with Gasteiger partial charge in [-0.25, -0.2) is 4.98 Å². The Morgan fingerprint density at radius 3 is 2.41 bits per heavy atom. The highest BCUT2D eigenvalue weighted by Gasteiger charge is 2.44. The fraction of sp³-hybridized carbons (Fsp3) is 0.500. The third-order valence-electron chi connectivity index (χ3n) is 5.42. The molecule has 172 valence electrons. The number of benzene rings is 1. The van der Waals surface area contributed by atoms with E-state index in [1.54, 1.807) is 5.38 Å². The number of nitrogens with zero attached hydrogens (tertiary/aromatic N) is 2. The second kappa shape index (κ2) is 9.81. The van der Waals surface area contributed by atoms with E-state index in [0.29, 0.717) is 23.7 Å². The molecule has 0 bridgehead atoms. The number of para-hydroxylation sites is 1. The largest absolute Gasteiger partial charge is 0.459 e. The average Bonchev–Trinajstić information content (AvgIpc) is 3.36. The van der Waals surface area contributed by atoms with E-state index in [1.807, 2.05) is 51.1 Å². The smallest absolute Gasteiger partial charge is 0.312 e. The standard InChI is InChI=1S/C24H31N3O4S/c1-17(28)27(19-10-6-5-7-11-19)22-25-18(16-32-22)15-31-21(30)24(12-8-9-13-24)14-20(29)26-23(2,3)4/h5-7,10-11,16H,8-9,12-15H2,1-4H3,(H,26,29). The fourth-order valence-electron chi connectivity index (χ4n) is 4.04. The number of aromatic nitrogens is 1. The van der Waals surface area contributed by atoms with Crippen molar-refractivity contribution in [1.29, 1.82) is 0 Å². The molecule has 3 rings (SSSR count). The Kier molecular flexibility index (Phi) is 7.33. The molecule has 1 saturated carbocycles. The van der Waals surface area contributed by atoms with Crippen LogP contribution in [0, 0.1) is 5.41 Å². The molecule has 1 heterocycles. The first-order valence-corrected chi connectivity index (χ1v) is 11.8. The summed E-state index contributed by atoms with van der Waals surface area (Å²) in [6, 6.07) is 9.29. The lowest BCUT2D eigenvalue weighted by atomic mass is 9.82. The third-order valence-corrected chi connectivity index (χ3v) is 6.29. The van der Waals surface area contributed by atoms with Crippen LogP contribution in [0.5, 0.6) is 0 Å². The molecule has 0 aliphatic heterocycles. The monoisotopic (exact) mass is 457 g/mol. The molecule has 1 aliphatic carbocycles. The van der Waals surface area contributed by atoms with Crippen LogP contribution in [0.1, 0.15) is 65.5 Å². The van der Waals surface area contributed by atoms with E-state index in [2.05, 4.69) is 10.3 Å². The van der Waals surface area contributed by atoms with Crippen LogP contribution in [-0.4, -0.2) is 28.3 Å². The van der Waals surface area contributed by atoms with E-state index in [9.17, 15) is 14.4 Å². The maximum atomic E-state index is 13.0. The topological polar surface area (TPSA) is 88.6 Å². The maximum Gasteiger partial charge on any atom is 0.312 e. The van der Waals surface area contributed by atoms with Gasteiger partial charge in [-0.1, -0.05) is 31.0 Å². The number of anilines is 2. The average molecular weight is 458 g/mol. The Balaban J connectivity index is 1.67. The first-order valence-electron chi connectivity index (χ1n) is 10.9. The molecule has 0 atom stereocenters. The summed E-state index contributed by atoms with van der Waals surface area (Å²) < 4.78 is 5.63. The van der Waals surface area contributed by atoms with Gasteiger partial charge in [0.15, 0.2) is 5.13 Å². The van der Waals surface area contributed by atoms with Crippen molar-refractivity contribution in [3.05, 3.63) is 41.4 Å². The summed E-state index contributed by atoms with van der Waals surface area (Å²) in [7, 11) is 0. The van der Waals surface area contributed by atoms with Gasteiger partial charge in [0.05, 0.1) is 16.8 Å². The molecule has 7 nitrogen and oxygen atoms in total. The summed E-state index contributed by atoms with van der Waals surface area (Å²) in [5.74, 6) is -0.629. The molecular weight excluding hydrogens is 426 g/mol. The van der Waals surface area contributed by atoms with Gasteiger partial charge in [-0.15, -0.1) is 11.3 Å². The molecule has 1 N–H and O–H groups in total. The fourth-order valence-corrected chi connectivity index (χ4v) is 4.91. The maximum absolute atomic E-state index is 13.0. The molecule has 2 aromatic rings. The molecule has 1 aliphatic rings. The summed E-state index contributed by atoms with van der Waals surface area (Å²) in [6.07, 6.45) is 3.25. The molecule has 0 saturated heterocycles. The molecule has 32 heavy (non-hydrogen) atoms. The van der Waals surface area contributed by atoms with Gasteiger partial charge >= 0.3 is 5.97 Å². The summed E-state index contributed by atoms with van der Waals surface area (Å²) in [5.41, 5.74) is 0.184. The lowest BCUT2D eigenvalue weighted by molar-refractivity contribution is -0.159. The zero-order chi connectivity index (χ0) is 23.4. The second-order valence-electron chi connectivity index (χ2n) is 9.35. The molecule has 0 spiro atoms. The molecule has 1 fully saturated rings. The van der Waals surface area contributed by atoms with Crippen LogP contribution >= 0.6 is 11.3 Å². The number of hydrogen-bond donors (Lipinski definition) is 1. The first-order chi connectivity index (χ1) is 15.1. The Bertz CT molecular complexity index is 959. The highest BCUT2D eigenvalue weighted by Crippen LogP contribution is 2.42. The zero-order valence-corrected chi connectivity index (χ0v) is 20.0. The summed E-state index contributed by atoms with van der Waals surface area (Å²) in [4.78, 5) is 43.8. The molecule has 0 unspecified atom stereocenters. The summed E-state index contributed by atoms with van der Waals surface area (Å²) in [6.45, 7) is 7.26. The van der Waals surface area contributed by atoms with E-state index >= 15 is 0 Å². The Morgan fingerprint density at radius 2 is 1.81 bits per heavy atom. The summed E-state index contributed by atoms with van der Waals surface area (Å²) >= 11 is 1.32. The van der Waals surface area contributed by atoms with E-state index in [-0.39, 0.29) is 36.4 Å². The molecule has 8 heteroatoms. The third kappa shape index (κ3) is 5.94. The van der Waals surface area contributed by atoms with Gasteiger partial charge in [-0.2, -0.15) is 0 Å². The van der Waals surface area contributed by atoms with Crippen LogP contribution in [0.25, 0.3) is 0 Å². The Labute approximate surface area is 193 Å². The van der Waals surface area contributed by atoms with Gasteiger partial charge in [0, 0.05) is 24.3 Å². The van der Waals surface area contributed by atoms with Gasteiger partial charge < -0.3 is 10.1 Å². The van der Waals surface area contributed by atoms with E-state index in [1.165, 1.54) is 23.2 Å². The molecule has 1 aromatic carbocycles. The van der Waals surface area contributed by atoms with Gasteiger partial charge in [-0.05, 0) is 45.7 Å². The van der Waals surface area contributed by atoms with Crippen LogP contribution in [0.2, 0.25) is 0 Å². The predicted octanol–water partition coefficient (Wildman–Crippen LogP) is 4.74. The summed E-state index contributed by atoms with van der Waals surface area (Å²) in [5, 5.41) is 5.26. The minimum absolute atomic E-state index is 0.0124. The lowest BCUT2D eigenvalue weighted by Crippen LogP contribution is -2.44. The van der Waals surface area contributed by atoms with Crippen molar-refractivity contribution in [2.45, 2.75) is 71.9 Å². The lowest BCUT2D eigenvalue weighted by Gasteiger charge is -2.28. The van der Waals surface area contributed by atoms with Crippen molar-refractivity contribution in [2.75, 3.05) is 4.90 Å². The number of rotatable bonds is 7. The number of nitrogens with one attached hydrogen (secondary N) is 1. The first kappa shape index (κ1) is 23.9. The number of ether oxygens (including phenoxy) is 1. The number of carbonyl (C=O) groups is 3. The van der Waals surface area contributed by atoms with Crippen molar-refractivity contribution >= 4 is 39.9 Å². The van der Waals surface area contributed by atoms with Crippen LogP contribution in [0.3, 0.4) is 0 Å². The van der Waals surface area contributed by atoms with Crippen molar-refractivity contribution in [3.63, 3.8) is 0 Å². The highest BCUT2D eigenvalue weighted by molar-refractivity contribution is 7.14. The molecule has 2 amide bonds. The SMILES string of the molecule is CC(=O)N(c1ccccc1)c1nc(COC(=O)C2(CC(=O)NC(C)(C)C)CCCC2)cs1. The number of esters is 1. The van der Waals surface area contributed by atoms with E-state index in [4.69, 9.17) is 4.74 Å². The van der Waals surface area contributed by atoms with E-state index in [0.717, 1.165) is 18.5 Å². The van der Waals surface area contributed by atoms with Crippen molar-refractivity contribution in [3.8, 4) is 0 Å². The number of carbonyl (C=O) groups excluding carboxylic acids is 3. The molecular formula is C24H31N3O4S. The van der Waals surface area contributed by atoms with Crippen LogP contribution in [-0.2, 0) is 25.7 Å². The van der Waals surface area contributed by atoms with Crippen molar-refractivity contribution in [1.82, 2.24) is 10.3 Å². The highest BCUT2D eigenvalue weighted by atomic mass is 32.1. The van der Waals surface area contributed by atoms with Crippen molar-refractivity contribution < 1.29 is 19.1 Å². The quantitative estimate of drug-likeness (QED) is 0.607. The normalized spacial score (nSPS) is 15.2. The Morgan fingerprint density at radius 1 is 1.16 bits per heavy atom. The Hall–Kier alpha value is -2.74. The second-order valence-corrected chi connectivity index (χ2v) is 10.2. The number of thiazole rings is 1. The van der Waals surface area contributed by atoms with Crippen LogP contribution in [0.15, 0.2) is 35.7 Å². The zero-order valence-electron chi connectivity index (χ0n) is 19.1. The van der Waals surface area contributed by atoms with Gasteiger partial charge in [0.1, 0.15) is 6.61 Å². The molecule has 0 radical (unpaired) electrons. The van der Waals surface area contributed by atoms with Crippen LogP contribution < -0.4 is 10.2 Å². The van der Waals surface area contributed by atoms with Gasteiger partial charge in [-0.3, -0.25) is 19.3 Å². The van der Waals surface area contributed by atoms with Crippen LogP contribution in [0.4, 0.5) is 10.8 Å². The number of hydrogen-bond acceptors (Lipinski definition) is 6. The molecule has 1 aromatic heterocycles. The van der Waals surface area contributed by atoms with E-state index < -0.39 is 5.41 Å². The van der Waals surface area contributed by atoms with Crippen molar-refractivity contribution in [2.24, 2.45) is 5.41 Å².